The molecule has 0 fully saturated rings. The molecule has 0 saturated heterocycles. The minimum absolute atomic E-state index is 0.104. The van der Waals surface area contributed by atoms with E-state index in [1.165, 1.54) is 4.31 Å². The molecule has 1 amide bonds. The van der Waals surface area contributed by atoms with Crippen LogP contribution in [0.4, 0.5) is 5.69 Å². The third-order valence-corrected chi connectivity index (χ3v) is 8.44. The molecule has 0 aliphatic carbocycles. The number of pyridine rings is 1. The van der Waals surface area contributed by atoms with Gasteiger partial charge in [-0.25, -0.2) is 8.42 Å². The van der Waals surface area contributed by atoms with E-state index in [4.69, 9.17) is 4.98 Å². The maximum atomic E-state index is 13.9. The average molecular weight is 530 g/mol. The van der Waals surface area contributed by atoms with Crippen molar-refractivity contribution in [1.29, 1.82) is 0 Å². The summed E-state index contributed by atoms with van der Waals surface area (Å²) < 4.78 is 29.0. The highest BCUT2D eigenvalue weighted by Gasteiger charge is 2.29. The Hall–Kier alpha value is -3.71. The molecule has 0 unspecified atom stereocenters. The number of likely N-dealkylation sites (N-methyl/N-ethyl adjacent to an activating group) is 1. The second-order valence-corrected chi connectivity index (χ2v) is 12.4. The Morgan fingerprint density at radius 1 is 0.868 bits per heavy atom. The number of nitrogens with zero attached hydrogens (tertiary/aromatic N) is 3. The fraction of sp³-hybridized carbons (Fsp3) is 0.290. The SMILES string of the molecule is CCN(Cc1ccc2ccccc2n1)C(=O)CN(c1ccc(C)cc1)S(=O)(=O)c1ccc(C(C)(C)C)cc1. The molecule has 1 heterocycles. The second kappa shape index (κ2) is 11.0. The van der Waals surface area contributed by atoms with E-state index in [0.29, 0.717) is 18.8 Å². The van der Waals surface area contributed by atoms with Gasteiger partial charge in [-0.15, -0.1) is 0 Å². The summed E-state index contributed by atoms with van der Waals surface area (Å²) in [6, 6.07) is 25.8. The van der Waals surface area contributed by atoms with Crippen LogP contribution in [0.3, 0.4) is 0 Å². The number of carbonyl (C=O) groups excluding carboxylic acids is 1. The maximum absolute atomic E-state index is 13.9. The Labute approximate surface area is 226 Å². The lowest BCUT2D eigenvalue weighted by Crippen LogP contribution is -2.43. The first-order chi connectivity index (χ1) is 18.0. The molecule has 0 bridgehead atoms. The summed E-state index contributed by atoms with van der Waals surface area (Å²) in [5.41, 5.74) is 3.99. The molecule has 0 saturated carbocycles. The van der Waals surface area contributed by atoms with E-state index in [-0.39, 0.29) is 22.8 Å². The van der Waals surface area contributed by atoms with Crippen LogP contribution in [0.5, 0.6) is 0 Å². The minimum atomic E-state index is -4.00. The van der Waals surface area contributed by atoms with Gasteiger partial charge in [0, 0.05) is 11.9 Å². The number of carbonyl (C=O) groups is 1. The standard InChI is InChI=1S/C31H35N3O3S/c1-6-33(21-26-16-13-24-9-7-8-10-29(24)32-26)30(35)22-34(27-17-11-23(2)12-18-27)38(36,37)28-19-14-25(15-20-28)31(3,4)5/h7-20H,6,21-22H2,1-5H3. The fourth-order valence-electron chi connectivity index (χ4n) is 4.27. The van der Waals surface area contributed by atoms with Gasteiger partial charge in [-0.1, -0.05) is 74.9 Å². The van der Waals surface area contributed by atoms with E-state index in [1.54, 1.807) is 29.2 Å². The summed E-state index contributed by atoms with van der Waals surface area (Å²) in [4.78, 5) is 20.0. The van der Waals surface area contributed by atoms with E-state index in [2.05, 4.69) is 20.8 Å². The second-order valence-electron chi connectivity index (χ2n) is 10.5. The number of benzene rings is 3. The van der Waals surface area contributed by atoms with Gasteiger partial charge in [0.05, 0.1) is 28.3 Å². The van der Waals surface area contributed by atoms with E-state index in [9.17, 15) is 13.2 Å². The van der Waals surface area contributed by atoms with Crippen LogP contribution in [0.1, 0.15) is 44.5 Å². The Morgan fingerprint density at radius 2 is 1.53 bits per heavy atom. The zero-order chi connectivity index (χ0) is 27.5. The lowest BCUT2D eigenvalue weighted by Gasteiger charge is -2.28. The molecule has 6 nitrogen and oxygen atoms in total. The first-order valence-electron chi connectivity index (χ1n) is 12.8. The Bertz CT molecular complexity index is 1520. The smallest absolute Gasteiger partial charge is 0.264 e. The molecule has 198 valence electrons. The molecule has 38 heavy (non-hydrogen) atoms. The molecular weight excluding hydrogens is 494 g/mol. The lowest BCUT2D eigenvalue weighted by molar-refractivity contribution is -0.130. The number of aromatic nitrogens is 1. The number of amides is 1. The molecule has 0 aliphatic rings. The summed E-state index contributed by atoms with van der Waals surface area (Å²) in [5.74, 6) is -0.294. The number of fused-ring (bicyclic) bond motifs is 1. The molecule has 0 aliphatic heterocycles. The van der Waals surface area contributed by atoms with E-state index in [1.807, 2.05) is 74.5 Å². The van der Waals surface area contributed by atoms with Crippen molar-refractivity contribution >= 4 is 32.5 Å². The number of para-hydroxylation sites is 1. The Balaban J connectivity index is 1.64. The summed E-state index contributed by atoms with van der Waals surface area (Å²) in [5, 5.41) is 1.03. The molecule has 0 radical (unpaired) electrons. The average Bonchev–Trinajstić information content (AvgIpc) is 2.90. The summed E-state index contributed by atoms with van der Waals surface area (Å²) in [6.07, 6.45) is 0. The van der Waals surface area contributed by atoms with E-state index >= 15 is 0 Å². The third kappa shape index (κ3) is 6.05. The van der Waals surface area contributed by atoms with Gasteiger partial charge in [-0.2, -0.15) is 0 Å². The third-order valence-electron chi connectivity index (χ3n) is 6.65. The first-order valence-corrected chi connectivity index (χ1v) is 14.3. The molecular formula is C31H35N3O3S. The van der Waals surface area contributed by atoms with Gasteiger partial charge in [-0.3, -0.25) is 14.1 Å². The van der Waals surface area contributed by atoms with Crippen LogP contribution in [-0.4, -0.2) is 37.3 Å². The number of anilines is 1. The van der Waals surface area contributed by atoms with Crippen molar-refractivity contribution in [2.45, 2.75) is 51.5 Å². The van der Waals surface area contributed by atoms with Gasteiger partial charge < -0.3 is 4.90 Å². The van der Waals surface area contributed by atoms with Crippen LogP contribution in [0, 0.1) is 6.92 Å². The Morgan fingerprint density at radius 3 is 2.16 bits per heavy atom. The maximum Gasteiger partial charge on any atom is 0.264 e. The molecule has 3 aromatic carbocycles. The van der Waals surface area contributed by atoms with E-state index < -0.39 is 10.0 Å². The molecule has 7 heteroatoms. The zero-order valence-corrected chi connectivity index (χ0v) is 23.5. The van der Waals surface area contributed by atoms with Crippen LogP contribution >= 0.6 is 0 Å². The summed E-state index contributed by atoms with van der Waals surface area (Å²) in [6.45, 7) is 10.5. The van der Waals surface area contributed by atoms with Crippen LogP contribution in [0.15, 0.2) is 89.8 Å². The number of aryl methyl sites for hydroxylation is 1. The molecule has 1 aromatic heterocycles. The highest BCUT2D eigenvalue weighted by atomic mass is 32.2. The lowest BCUT2D eigenvalue weighted by atomic mass is 9.87. The minimum Gasteiger partial charge on any atom is -0.336 e. The van der Waals surface area contributed by atoms with Crippen molar-refractivity contribution in [3.63, 3.8) is 0 Å². The van der Waals surface area contributed by atoms with Crippen molar-refractivity contribution < 1.29 is 13.2 Å². The fourth-order valence-corrected chi connectivity index (χ4v) is 5.69. The van der Waals surface area contributed by atoms with Crippen molar-refractivity contribution in [2.75, 3.05) is 17.4 Å². The van der Waals surface area contributed by atoms with Crippen molar-refractivity contribution in [3.8, 4) is 0 Å². The Kier molecular flexibility index (Phi) is 7.88. The van der Waals surface area contributed by atoms with Crippen LogP contribution in [-0.2, 0) is 26.8 Å². The summed E-state index contributed by atoms with van der Waals surface area (Å²) >= 11 is 0. The van der Waals surface area contributed by atoms with Gasteiger partial charge in [0.15, 0.2) is 0 Å². The number of hydrogen-bond acceptors (Lipinski definition) is 4. The molecule has 4 rings (SSSR count). The van der Waals surface area contributed by atoms with Crippen molar-refractivity contribution in [3.05, 3.63) is 102 Å². The van der Waals surface area contributed by atoms with Crippen LogP contribution in [0.25, 0.3) is 10.9 Å². The van der Waals surface area contributed by atoms with Gasteiger partial charge in [-0.05, 0) is 61.2 Å². The highest BCUT2D eigenvalue weighted by molar-refractivity contribution is 7.92. The summed E-state index contributed by atoms with van der Waals surface area (Å²) in [7, 11) is -4.00. The number of rotatable bonds is 8. The van der Waals surface area contributed by atoms with Crippen molar-refractivity contribution in [1.82, 2.24) is 9.88 Å². The predicted molar refractivity (Wildman–Crippen MR) is 154 cm³/mol. The van der Waals surface area contributed by atoms with Gasteiger partial charge >= 0.3 is 0 Å². The van der Waals surface area contributed by atoms with E-state index in [0.717, 1.165) is 27.7 Å². The molecule has 0 spiro atoms. The van der Waals surface area contributed by atoms with Crippen LogP contribution in [0.2, 0.25) is 0 Å². The van der Waals surface area contributed by atoms with Crippen LogP contribution < -0.4 is 4.31 Å². The van der Waals surface area contributed by atoms with Gasteiger partial charge in [0.25, 0.3) is 10.0 Å². The number of sulfonamides is 1. The molecule has 0 N–H and O–H groups in total. The quantitative estimate of drug-likeness (QED) is 0.277. The normalized spacial score (nSPS) is 11.9. The topological polar surface area (TPSA) is 70.6 Å². The highest BCUT2D eigenvalue weighted by Crippen LogP contribution is 2.28. The molecule has 4 aromatic rings. The first kappa shape index (κ1) is 27.3. The number of hydrogen-bond donors (Lipinski definition) is 0. The van der Waals surface area contributed by atoms with Crippen molar-refractivity contribution in [2.24, 2.45) is 0 Å². The molecule has 0 atom stereocenters. The van der Waals surface area contributed by atoms with Gasteiger partial charge in [0.1, 0.15) is 6.54 Å². The zero-order valence-electron chi connectivity index (χ0n) is 22.7. The largest absolute Gasteiger partial charge is 0.336 e. The predicted octanol–water partition coefficient (Wildman–Crippen LogP) is 6.08. The monoisotopic (exact) mass is 529 g/mol. The van der Waals surface area contributed by atoms with Gasteiger partial charge in [0.2, 0.25) is 5.91 Å².